The van der Waals surface area contributed by atoms with Crippen LogP contribution in [0.2, 0.25) is 0 Å². The Bertz CT molecular complexity index is 772. The van der Waals surface area contributed by atoms with Crippen LogP contribution in [0, 0.1) is 0 Å². The molecule has 0 atom stereocenters. The largest absolute Gasteiger partial charge is 0.366 e. The minimum atomic E-state index is -0.612. The third-order valence-corrected chi connectivity index (χ3v) is 3.49. The van der Waals surface area contributed by atoms with Crippen molar-refractivity contribution in [3.05, 3.63) is 65.2 Å². The molecule has 0 fully saturated rings. The van der Waals surface area contributed by atoms with Crippen molar-refractivity contribution >= 4 is 23.4 Å². The van der Waals surface area contributed by atoms with E-state index in [0.29, 0.717) is 0 Å². The lowest BCUT2D eigenvalue weighted by molar-refractivity contribution is -0.115. The zero-order valence-electron chi connectivity index (χ0n) is 13.3. The fourth-order valence-corrected chi connectivity index (χ4v) is 2.22. The average molecular weight is 325 g/mol. The molecular formula is C18H19N3O3. The monoisotopic (exact) mass is 325 g/mol. The average Bonchev–Trinajstić information content (AvgIpc) is 2.60. The van der Waals surface area contributed by atoms with Gasteiger partial charge in [0.25, 0.3) is 5.91 Å². The first-order valence-electron chi connectivity index (χ1n) is 7.57. The number of rotatable bonds is 6. The first-order valence-corrected chi connectivity index (χ1v) is 7.57. The molecule has 4 N–H and O–H groups in total. The van der Waals surface area contributed by atoms with Crippen molar-refractivity contribution in [2.45, 2.75) is 13.3 Å². The van der Waals surface area contributed by atoms with Gasteiger partial charge < -0.3 is 16.4 Å². The van der Waals surface area contributed by atoms with E-state index >= 15 is 0 Å². The van der Waals surface area contributed by atoms with Gasteiger partial charge in [-0.15, -0.1) is 0 Å². The summed E-state index contributed by atoms with van der Waals surface area (Å²) in [4.78, 5) is 35.2. The molecule has 2 aromatic carbocycles. The summed E-state index contributed by atoms with van der Waals surface area (Å²) in [6.07, 6.45) is 0.794. The number of aryl methyl sites for hydroxylation is 1. The van der Waals surface area contributed by atoms with Gasteiger partial charge in [-0.3, -0.25) is 14.4 Å². The zero-order chi connectivity index (χ0) is 17.5. The lowest BCUT2D eigenvalue weighted by atomic mass is 10.1. The van der Waals surface area contributed by atoms with E-state index in [1.165, 1.54) is 12.1 Å². The van der Waals surface area contributed by atoms with E-state index in [1.54, 1.807) is 12.1 Å². The molecule has 0 aliphatic carbocycles. The van der Waals surface area contributed by atoms with Crippen LogP contribution in [0.5, 0.6) is 0 Å². The zero-order valence-corrected chi connectivity index (χ0v) is 13.3. The summed E-state index contributed by atoms with van der Waals surface area (Å²) in [5.41, 5.74) is 7.45. The van der Waals surface area contributed by atoms with Crippen LogP contribution in [-0.4, -0.2) is 24.3 Å². The summed E-state index contributed by atoms with van der Waals surface area (Å²) >= 11 is 0. The molecule has 0 saturated carbocycles. The Morgan fingerprint density at radius 2 is 1.71 bits per heavy atom. The normalized spacial score (nSPS) is 10.0. The molecule has 2 rings (SSSR count). The molecule has 6 heteroatoms. The fourth-order valence-electron chi connectivity index (χ4n) is 2.22. The SMILES string of the molecule is CCc1ccccc1NC(=O)CNC(=O)c1cccc(C(N)=O)c1. The Morgan fingerprint density at radius 1 is 1.00 bits per heavy atom. The molecule has 3 amide bonds. The van der Waals surface area contributed by atoms with Gasteiger partial charge in [0.15, 0.2) is 0 Å². The molecule has 0 saturated heterocycles. The molecule has 124 valence electrons. The van der Waals surface area contributed by atoms with Gasteiger partial charge in [0, 0.05) is 16.8 Å². The summed E-state index contributed by atoms with van der Waals surface area (Å²) < 4.78 is 0. The maximum Gasteiger partial charge on any atom is 0.251 e. The number of carbonyl (C=O) groups is 3. The van der Waals surface area contributed by atoms with Crippen LogP contribution >= 0.6 is 0 Å². The second kappa shape index (κ2) is 7.92. The predicted molar refractivity (Wildman–Crippen MR) is 91.7 cm³/mol. The van der Waals surface area contributed by atoms with Crippen molar-refractivity contribution in [2.75, 3.05) is 11.9 Å². The first-order chi connectivity index (χ1) is 11.5. The van der Waals surface area contributed by atoms with Gasteiger partial charge in [-0.25, -0.2) is 0 Å². The van der Waals surface area contributed by atoms with Crippen LogP contribution in [0.3, 0.4) is 0 Å². The van der Waals surface area contributed by atoms with E-state index in [2.05, 4.69) is 10.6 Å². The number of hydrogen-bond donors (Lipinski definition) is 3. The lowest BCUT2D eigenvalue weighted by Crippen LogP contribution is -2.33. The number of amides is 3. The van der Waals surface area contributed by atoms with Gasteiger partial charge in [0.1, 0.15) is 0 Å². The lowest BCUT2D eigenvalue weighted by Gasteiger charge is -2.10. The van der Waals surface area contributed by atoms with Gasteiger partial charge >= 0.3 is 0 Å². The Hall–Kier alpha value is -3.15. The third kappa shape index (κ3) is 4.42. The van der Waals surface area contributed by atoms with Crippen molar-refractivity contribution < 1.29 is 14.4 Å². The van der Waals surface area contributed by atoms with E-state index < -0.39 is 11.8 Å². The fraction of sp³-hybridized carbons (Fsp3) is 0.167. The topological polar surface area (TPSA) is 101 Å². The first kappa shape index (κ1) is 17.2. The van der Waals surface area contributed by atoms with Crippen molar-refractivity contribution in [1.29, 1.82) is 0 Å². The Morgan fingerprint density at radius 3 is 2.42 bits per heavy atom. The molecule has 24 heavy (non-hydrogen) atoms. The number of hydrogen-bond acceptors (Lipinski definition) is 3. The Labute approximate surface area is 140 Å². The summed E-state index contributed by atoms with van der Waals surface area (Å²) in [6, 6.07) is 13.5. The highest BCUT2D eigenvalue weighted by Crippen LogP contribution is 2.15. The molecule has 0 unspecified atom stereocenters. The number of anilines is 1. The Balaban J connectivity index is 1.95. The standard InChI is InChI=1S/C18H19N3O3/c1-2-12-6-3-4-9-15(12)21-16(22)11-20-18(24)14-8-5-7-13(10-14)17(19)23/h3-10H,2,11H2,1H3,(H2,19,23)(H,20,24)(H,21,22). The van der Waals surface area contributed by atoms with E-state index in [1.807, 2.05) is 31.2 Å². The maximum atomic E-state index is 12.1. The molecule has 0 radical (unpaired) electrons. The van der Waals surface area contributed by atoms with Gasteiger partial charge in [-0.2, -0.15) is 0 Å². The summed E-state index contributed by atoms with van der Waals surface area (Å²) in [7, 11) is 0. The minimum Gasteiger partial charge on any atom is -0.366 e. The smallest absolute Gasteiger partial charge is 0.251 e. The molecular weight excluding hydrogens is 306 g/mol. The summed E-state index contributed by atoms with van der Waals surface area (Å²) in [5, 5.41) is 5.29. The molecule has 0 bridgehead atoms. The highest BCUT2D eigenvalue weighted by molar-refractivity contribution is 6.01. The van der Waals surface area contributed by atoms with Crippen LogP contribution in [0.1, 0.15) is 33.2 Å². The second-order valence-electron chi connectivity index (χ2n) is 5.19. The molecule has 0 aliphatic heterocycles. The van der Waals surface area contributed by atoms with E-state index in [-0.39, 0.29) is 23.6 Å². The van der Waals surface area contributed by atoms with E-state index in [0.717, 1.165) is 17.7 Å². The highest BCUT2D eigenvalue weighted by Gasteiger charge is 2.11. The van der Waals surface area contributed by atoms with Crippen molar-refractivity contribution in [3.63, 3.8) is 0 Å². The van der Waals surface area contributed by atoms with Crippen molar-refractivity contribution in [3.8, 4) is 0 Å². The highest BCUT2D eigenvalue weighted by atomic mass is 16.2. The van der Waals surface area contributed by atoms with E-state index in [9.17, 15) is 14.4 Å². The molecule has 0 heterocycles. The molecule has 0 spiro atoms. The number of para-hydroxylation sites is 1. The molecule has 2 aromatic rings. The van der Waals surface area contributed by atoms with Gasteiger partial charge in [-0.1, -0.05) is 31.2 Å². The van der Waals surface area contributed by atoms with Crippen molar-refractivity contribution in [1.82, 2.24) is 5.32 Å². The molecule has 0 aliphatic rings. The van der Waals surface area contributed by atoms with Gasteiger partial charge in [0.05, 0.1) is 6.54 Å². The van der Waals surface area contributed by atoms with Crippen LogP contribution in [0.15, 0.2) is 48.5 Å². The number of benzene rings is 2. The van der Waals surface area contributed by atoms with Crippen LogP contribution in [0.4, 0.5) is 5.69 Å². The van der Waals surface area contributed by atoms with Gasteiger partial charge in [0.2, 0.25) is 11.8 Å². The molecule has 6 nitrogen and oxygen atoms in total. The van der Waals surface area contributed by atoms with Crippen LogP contribution < -0.4 is 16.4 Å². The predicted octanol–water partition coefficient (Wildman–Crippen LogP) is 1.72. The summed E-state index contributed by atoms with van der Waals surface area (Å²) in [6.45, 7) is 1.83. The number of nitrogens with two attached hydrogens (primary N) is 1. The number of carbonyl (C=O) groups excluding carboxylic acids is 3. The molecule has 0 aromatic heterocycles. The minimum absolute atomic E-state index is 0.169. The maximum absolute atomic E-state index is 12.1. The number of primary amides is 1. The van der Waals surface area contributed by atoms with Gasteiger partial charge in [-0.05, 0) is 36.2 Å². The second-order valence-corrected chi connectivity index (χ2v) is 5.19. The Kier molecular flexibility index (Phi) is 5.68. The van der Waals surface area contributed by atoms with Crippen LogP contribution in [0.25, 0.3) is 0 Å². The third-order valence-electron chi connectivity index (χ3n) is 3.49. The van der Waals surface area contributed by atoms with Crippen molar-refractivity contribution in [2.24, 2.45) is 5.73 Å². The number of nitrogens with one attached hydrogen (secondary N) is 2. The van der Waals surface area contributed by atoms with Crippen LogP contribution in [-0.2, 0) is 11.2 Å². The summed E-state index contributed by atoms with van der Waals surface area (Å²) in [5.74, 6) is -1.38. The quantitative estimate of drug-likeness (QED) is 0.753. The van der Waals surface area contributed by atoms with E-state index in [4.69, 9.17) is 5.73 Å².